The number of hydrogen-bond donors (Lipinski definition) is 1. The predicted molar refractivity (Wildman–Crippen MR) is 107 cm³/mol. The molecule has 1 N–H and O–H groups in total. The van der Waals surface area contributed by atoms with Gasteiger partial charge in [-0.15, -0.1) is 0 Å². The maximum Gasteiger partial charge on any atom is 0.161 e. The first-order valence-electron chi connectivity index (χ1n) is 9.01. The third kappa shape index (κ3) is 5.29. The van der Waals surface area contributed by atoms with Crippen LogP contribution in [0.1, 0.15) is 31.9 Å². The summed E-state index contributed by atoms with van der Waals surface area (Å²) in [5, 5.41) is 4.51. The lowest BCUT2D eigenvalue weighted by molar-refractivity contribution is 0.322. The van der Waals surface area contributed by atoms with E-state index in [4.69, 9.17) is 18.9 Å². The van der Waals surface area contributed by atoms with Crippen LogP contribution in [0, 0.1) is 0 Å². The van der Waals surface area contributed by atoms with Gasteiger partial charge in [0.25, 0.3) is 0 Å². The third-order valence-electron chi connectivity index (χ3n) is 3.93. The number of rotatable bonds is 10. The Morgan fingerprint density at radius 1 is 0.889 bits per heavy atom. The molecule has 6 nitrogen and oxygen atoms in total. The van der Waals surface area contributed by atoms with Crippen molar-refractivity contribution in [3.8, 4) is 23.0 Å². The fourth-order valence-electron chi connectivity index (χ4n) is 2.72. The highest BCUT2D eigenvalue weighted by atomic mass is 16.5. The van der Waals surface area contributed by atoms with E-state index in [1.54, 1.807) is 14.2 Å². The summed E-state index contributed by atoms with van der Waals surface area (Å²) in [6, 6.07) is 11.5. The summed E-state index contributed by atoms with van der Waals surface area (Å²) in [7, 11) is 3.24. The summed E-state index contributed by atoms with van der Waals surface area (Å²) in [6.45, 7) is 7.56. The van der Waals surface area contributed by atoms with Crippen LogP contribution in [0.25, 0.3) is 0 Å². The second-order valence-corrected chi connectivity index (χ2v) is 5.72. The first-order chi connectivity index (χ1) is 13.1. The number of benzene rings is 2. The standard InChI is InChI=1S/C21H28N2O4/c1-6-26-18-9-8-10-19(27-7-2)21(18)15(3)23-22-14-16-11-12-17(24-4)20(13-16)25-5/h8-13,22H,6-7,14H2,1-5H3/b23-15+. The number of hydrogen-bond acceptors (Lipinski definition) is 6. The molecule has 0 bridgehead atoms. The normalized spacial score (nSPS) is 11.1. The summed E-state index contributed by atoms with van der Waals surface area (Å²) in [5.41, 5.74) is 5.80. The van der Waals surface area contributed by atoms with Crippen LogP contribution in [0.4, 0.5) is 0 Å². The zero-order valence-corrected chi connectivity index (χ0v) is 16.7. The van der Waals surface area contributed by atoms with Crippen LogP contribution in [0.2, 0.25) is 0 Å². The van der Waals surface area contributed by atoms with Crippen molar-refractivity contribution in [3.05, 3.63) is 47.5 Å². The highest BCUT2D eigenvalue weighted by molar-refractivity contribution is 6.03. The molecule has 0 saturated heterocycles. The Morgan fingerprint density at radius 2 is 1.52 bits per heavy atom. The lowest BCUT2D eigenvalue weighted by atomic mass is 10.1. The van der Waals surface area contributed by atoms with Gasteiger partial charge in [-0.1, -0.05) is 12.1 Å². The van der Waals surface area contributed by atoms with Crippen LogP contribution in [0.3, 0.4) is 0 Å². The molecule has 6 heteroatoms. The summed E-state index contributed by atoms with van der Waals surface area (Å²) in [4.78, 5) is 0. The first kappa shape index (κ1) is 20.4. The molecule has 2 aromatic rings. The summed E-state index contributed by atoms with van der Waals surface area (Å²) in [5.74, 6) is 2.92. The predicted octanol–water partition coefficient (Wildman–Crippen LogP) is 4.02. The van der Waals surface area contributed by atoms with Gasteiger partial charge in [0.15, 0.2) is 11.5 Å². The number of nitrogens with zero attached hydrogens (tertiary/aromatic N) is 1. The van der Waals surface area contributed by atoms with E-state index in [-0.39, 0.29) is 0 Å². The average Bonchev–Trinajstić information content (AvgIpc) is 2.68. The lowest BCUT2D eigenvalue weighted by Gasteiger charge is -2.15. The Hall–Kier alpha value is -2.89. The second kappa shape index (κ2) is 10.3. The molecule has 0 amide bonds. The molecule has 0 unspecified atom stereocenters. The van der Waals surface area contributed by atoms with Crippen LogP contribution >= 0.6 is 0 Å². The van der Waals surface area contributed by atoms with Crippen molar-refractivity contribution < 1.29 is 18.9 Å². The van der Waals surface area contributed by atoms with Gasteiger partial charge in [0.2, 0.25) is 0 Å². The second-order valence-electron chi connectivity index (χ2n) is 5.72. The summed E-state index contributed by atoms with van der Waals surface area (Å²) in [6.07, 6.45) is 0. The monoisotopic (exact) mass is 372 g/mol. The molecule has 0 saturated carbocycles. The van der Waals surface area contributed by atoms with Crippen LogP contribution < -0.4 is 24.4 Å². The molecule has 0 spiro atoms. The molecule has 0 heterocycles. The molecule has 0 fully saturated rings. The zero-order valence-electron chi connectivity index (χ0n) is 16.7. The molecule has 146 valence electrons. The highest BCUT2D eigenvalue weighted by Gasteiger charge is 2.14. The molecule has 0 aromatic heterocycles. The molecular formula is C21H28N2O4. The number of ether oxygens (including phenoxy) is 4. The van der Waals surface area contributed by atoms with Gasteiger partial charge >= 0.3 is 0 Å². The molecule has 27 heavy (non-hydrogen) atoms. The largest absolute Gasteiger partial charge is 0.493 e. The highest BCUT2D eigenvalue weighted by Crippen LogP contribution is 2.30. The SMILES string of the molecule is CCOc1cccc(OCC)c1/C(C)=N/NCc1ccc(OC)c(OC)c1. The van der Waals surface area contributed by atoms with Crippen LogP contribution in [-0.2, 0) is 6.54 Å². The minimum Gasteiger partial charge on any atom is -0.493 e. The first-order valence-corrected chi connectivity index (χ1v) is 9.01. The molecular weight excluding hydrogens is 344 g/mol. The van der Waals surface area contributed by atoms with Crippen molar-refractivity contribution in [1.82, 2.24) is 5.43 Å². The number of nitrogens with one attached hydrogen (secondary N) is 1. The summed E-state index contributed by atoms with van der Waals surface area (Å²) >= 11 is 0. The van der Waals surface area contributed by atoms with E-state index in [1.807, 2.05) is 57.2 Å². The van der Waals surface area contributed by atoms with Crippen molar-refractivity contribution in [1.29, 1.82) is 0 Å². The minimum absolute atomic E-state index is 0.554. The Bertz CT molecular complexity index is 751. The van der Waals surface area contributed by atoms with E-state index in [0.717, 1.165) is 28.3 Å². The van der Waals surface area contributed by atoms with Gasteiger partial charge in [0.1, 0.15) is 11.5 Å². The van der Waals surface area contributed by atoms with Crippen LogP contribution in [0.15, 0.2) is 41.5 Å². The Labute approximate surface area is 161 Å². The van der Waals surface area contributed by atoms with Crippen molar-refractivity contribution in [2.45, 2.75) is 27.3 Å². The molecule has 0 atom stereocenters. The van der Waals surface area contributed by atoms with E-state index in [9.17, 15) is 0 Å². The zero-order chi connectivity index (χ0) is 19.6. The van der Waals surface area contributed by atoms with Crippen molar-refractivity contribution in [2.24, 2.45) is 5.10 Å². The molecule has 2 rings (SSSR count). The van der Waals surface area contributed by atoms with Crippen LogP contribution in [-0.4, -0.2) is 33.1 Å². The van der Waals surface area contributed by atoms with Crippen molar-refractivity contribution in [3.63, 3.8) is 0 Å². The van der Waals surface area contributed by atoms with Gasteiger partial charge in [-0.05, 0) is 50.6 Å². The Kier molecular flexibility index (Phi) is 7.79. The summed E-state index contributed by atoms with van der Waals surface area (Å²) < 4.78 is 22.1. The van der Waals surface area contributed by atoms with Crippen LogP contribution in [0.5, 0.6) is 23.0 Å². The van der Waals surface area contributed by atoms with E-state index < -0.39 is 0 Å². The maximum absolute atomic E-state index is 5.75. The van der Waals surface area contributed by atoms with E-state index in [2.05, 4.69) is 10.5 Å². The Morgan fingerprint density at radius 3 is 2.07 bits per heavy atom. The van der Waals surface area contributed by atoms with Gasteiger partial charge in [-0.2, -0.15) is 5.10 Å². The van der Waals surface area contributed by atoms with E-state index in [0.29, 0.717) is 31.3 Å². The van der Waals surface area contributed by atoms with Crippen molar-refractivity contribution >= 4 is 5.71 Å². The number of hydrazone groups is 1. The van der Waals surface area contributed by atoms with Gasteiger partial charge in [0.05, 0.1) is 45.3 Å². The molecule has 0 radical (unpaired) electrons. The smallest absolute Gasteiger partial charge is 0.161 e. The fraction of sp³-hybridized carbons (Fsp3) is 0.381. The Balaban J connectivity index is 2.18. The average molecular weight is 372 g/mol. The lowest BCUT2D eigenvalue weighted by Crippen LogP contribution is -2.12. The van der Waals surface area contributed by atoms with E-state index in [1.165, 1.54) is 0 Å². The topological polar surface area (TPSA) is 61.3 Å². The third-order valence-corrected chi connectivity index (χ3v) is 3.93. The van der Waals surface area contributed by atoms with Gasteiger partial charge in [-0.25, -0.2) is 0 Å². The molecule has 0 aliphatic heterocycles. The van der Waals surface area contributed by atoms with Gasteiger partial charge in [0, 0.05) is 0 Å². The minimum atomic E-state index is 0.554. The maximum atomic E-state index is 5.75. The van der Waals surface area contributed by atoms with E-state index >= 15 is 0 Å². The quantitative estimate of drug-likeness (QED) is 0.504. The molecule has 0 aliphatic carbocycles. The van der Waals surface area contributed by atoms with Gasteiger partial charge < -0.3 is 24.4 Å². The molecule has 0 aliphatic rings. The van der Waals surface area contributed by atoms with Crippen molar-refractivity contribution in [2.75, 3.05) is 27.4 Å². The number of methoxy groups -OCH3 is 2. The molecule has 2 aromatic carbocycles. The fourth-order valence-corrected chi connectivity index (χ4v) is 2.72. The van der Waals surface area contributed by atoms with Gasteiger partial charge in [-0.3, -0.25) is 0 Å².